The fraction of sp³-hybridized carbons (Fsp3) is 0.200. The molecule has 8 heteroatoms. The van der Waals surface area contributed by atoms with Crippen LogP contribution < -0.4 is 5.32 Å². The molecule has 0 aliphatic rings. The van der Waals surface area contributed by atoms with Crippen LogP contribution in [-0.2, 0) is 17.8 Å². The lowest BCUT2D eigenvalue weighted by molar-refractivity contribution is -0.167. The minimum atomic E-state index is -4.22. The Bertz CT molecular complexity index is 784. The third-order valence-electron chi connectivity index (χ3n) is 3.30. The number of alkyl halides is 2. The van der Waals surface area contributed by atoms with Crippen molar-refractivity contribution in [2.24, 2.45) is 7.05 Å². The Morgan fingerprint density at radius 1 is 1.26 bits per heavy atom. The van der Waals surface area contributed by atoms with Crippen molar-refractivity contribution in [2.45, 2.75) is 12.8 Å². The van der Waals surface area contributed by atoms with Crippen molar-refractivity contribution >= 4 is 17.6 Å². The average molecular weight is 326 g/mol. The molecule has 1 aromatic heterocycles. The van der Waals surface area contributed by atoms with Crippen molar-refractivity contribution in [3.63, 3.8) is 0 Å². The number of nitrogens with zero attached hydrogens (tertiary/aromatic N) is 1. The van der Waals surface area contributed by atoms with Gasteiger partial charge >= 0.3 is 11.9 Å². The number of carboxylic acid groups (broad SMARTS) is 1. The molecule has 0 aliphatic heterocycles. The number of rotatable bonds is 4. The number of carboxylic acids is 1. The normalized spacial score (nSPS) is 11.3. The van der Waals surface area contributed by atoms with E-state index in [1.54, 1.807) is 0 Å². The maximum Gasteiger partial charge on any atom is 0.383 e. The molecule has 1 heterocycles. The molecule has 5 nitrogen and oxygen atoms in total. The Morgan fingerprint density at radius 2 is 1.91 bits per heavy atom. The lowest BCUT2D eigenvalue weighted by Crippen LogP contribution is -2.30. The van der Waals surface area contributed by atoms with Crippen LogP contribution in [0.25, 0.3) is 0 Å². The van der Waals surface area contributed by atoms with Gasteiger partial charge in [0.1, 0.15) is 11.5 Å². The summed E-state index contributed by atoms with van der Waals surface area (Å²) >= 11 is 0. The van der Waals surface area contributed by atoms with E-state index < -0.39 is 34.9 Å². The van der Waals surface area contributed by atoms with Gasteiger partial charge in [-0.2, -0.15) is 8.78 Å². The van der Waals surface area contributed by atoms with Gasteiger partial charge in [-0.15, -0.1) is 0 Å². The first-order chi connectivity index (χ1) is 10.6. The number of anilines is 1. The lowest BCUT2D eigenvalue weighted by atomic mass is 10.1. The molecule has 0 aliphatic carbocycles. The van der Waals surface area contributed by atoms with Crippen LogP contribution in [0.1, 0.15) is 21.6 Å². The maximum absolute atomic E-state index is 13.8. The summed E-state index contributed by atoms with van der Waals surface area (Å²) in [5.41, 5.74) is -0.919. The number of carbonyl (C=O) groups excluding carboxylic acids is 1. The van der Waals surface area contributed by atoms with Crippen molar-refractivity contribution in [1.82, 2.24) is 4.57 Å². The Hall–Kier alpha value is -2.77. The largest absolute Gasteiger partial charge is 0.476 e. The van der Waals surface area contributed by atoms with Crippen LogP contribution in [0.4, 0.5) is 18.9 Å². The summed E-state index contributed by atoms with van der Waals surface area (Å²) in [7, 11) is 1.21. The van der Waals surface area contributed by atoms with Crippen molar-refractivity contribution < 1.29 is 27.9 Å². The van der Waals surface area contributed by atoms with E-state index in [9.17, 15) is 22.8 Å². The highest BCUT2D eigenvalue weighted by Gasteiger charge is 2.46. The zero-order valence-electron chi connectivity index (χ0n) is 12.2. The van der Waals surface area contributed by atoms with Crippen LogP contribution in [0.3, 0.4) is 0 Å². The van der Waals surface area contributed by atoms with Gasteiger partial charge < -0.3 is 15.0 Å². The van der Waals surface area contributed by atoms with Crippen molar-refractivity contribution in [3.8, 4) is 0 Å². The van der Waals surface area contributed by atoms with Crippen LogP contribution in [0.5, 0.6) is 0 Å². The minimum absolute atomic E-state index is 0.211. The molecule has 0 spiro atoms. The van der Waals surface area contributed by atoms with Crippen LogP contribution in [0.2, 0.25) is 0 Å². The molecule has 0 radical (unpaired) electrons. The SMILES string of the molecule is Cc1cc(NC(=O)c2ccn(C)c2C(F)(F)C(=O)O)ccc1F. The Balaban J connectivity index is 2.37. The van der Waals surface area contributed by atoms with Crippen LogP contribution in [0, 0.1) is 12.7 Å². The molecule has 23 heavy (non-hydrogen) atoms. The molecule has 2 N–H and O–H groups in total. The maximum atomic E-state index is 13.8. The number of nitrogens with one attached hydrogen (secondary N) is 1. The summed E-state index contributed by atoms with van der Waals surface area (Å²) in [5.74, 6) is -7.96. The molecule has 0 bridgehead atoms. The van der Waals surface area contributed by atoms with Gasteiger partial charge in [-0.1, -0.05) is 0 Å². The first kappa shape index (κ1) is 16.6. The van der Waals surface area contributed by atoms with E-state index in [-0.39, 0.29) is 11.3 Å². The summed E-state index contributed by atoms with van der Waals surface area (Å²) in [4.78, 5) is 22.9. The number of aliphatic carboxylic acids is 1. The molecule has 0 fully saturated rings. The van der Waals surface area contributed by atoms with Crippen LogP contribution in [0.15, 0.2) is 30.5 Å². The predicted molar refractivity (Wildman–Crippen MR) is 76.0 cm³/mol. The topological polar surface area (TPSA) is 71.3 Å². The van der Waals surface area contributed by atoms with Gasteiger partial charge in [0.05, 0.1) is 5.56 Å². The second-order valence-corrected chi connectivity index (χ2v) is 4.99. The van der Waals surface area contributed by atoms with E-state index in [1.807, 2.05) is 0 Å². The summed E-state index contributed by atoms with van der Waals surface area (Å²) in [5, 5.41) is 11.0. The number of carbonyl (C=O) groups is 2. The molecule has 0 atom stereocenters. The number of aromatic nitrogens is 1. The van der Waals surface area contributed by atoms with Gasteiger partial charge in [-0.25, -0.2) is 9.18 Å². The average Bonchev–Trinajstić information content (AvgIpc) is 2.85. The molecule has 2 aromatic rings. The number of aryl methyl sites for hydroxylation is 2. The monoisotopic (exact) mass is 326 g/mol. The lowest BCUT2D eigenvalue weighted by Gasteiger charge is -2.15. The van der Waals surface area contributed by atoms with Crippen molar-refractivity contribution in [1.29, 1.82) is 0 Å². The molecule has 0 saturated heterocycles. The highest BCUT2D eigenvalue weighted by molar-refractivity contribution is 6.06. The first-order valence-corrected chi connectivity index (χ1v) is 6.49. The van der Waals surface area contributed by atoms with E-state index in [2.05, 4.69) is 5.32 Å². The van der Waals surface area contributed by atoms with Gasteiger partial charge in [0.15, 0.2) is 0 Å². The Morgan fingerprint density at radius 3 is 2.48 bits per heavy atom. The summed E-state index contributed by atoms with van der Waals surface area (Å²) in [6.07, 6.45) is 1.16. The van der Waals surface area contributed by atoms with Crippen LogP contribution >= 0.6 is 0 Å². The standard InChI is InChI=1S/C15H13F3N2O3/c1-8-7-9(3-4-11(8)16)19-13(21)10-5-6-20(2)12(10)15(17,18)14(22)23/h3-7H,1-2H3,(H,19,21)(H,22,23). The van der Waals surface area contributed by atoms with Gasteiger partial charge in [-0.3, -0.25) is 4.79 Å². The smallest absolute Gasteiger partial charge is 0.383 e. The summed E-state index contributed by atoms with van der Waals surface area (Å²) in [6, 6.07) is 4.84. The number of benzene rings is 1. The molecule has 0 saturated carbocycles. The molecular formula is C15H13F3N2O3. The van der Waals surface area contributed by atoms with Gasteiger partial charge in [0.25, 0.3) is 5.91 Å². The fourth-order valence-electron chi connectivity index (χ4n) is 2.13. The highest BCUT2D eigenvalue weighted by Crippen LogP contribution is 2.32. The molecule has 0 unspecified atom stereocenters. The van der Waals surface area contributed by atoms with Crippen molar-refractivity contribution in [3.05, 3.63) is 53.1 Å². The van der Waals surface area contributed by atoms with E-state index in [1.165, 1.54) is 26.1 Å². The number of hydrogen-bond donors (Lipinski definition) is 2. The summed E-state index contributed by atoms with van der Waals surface area (Å²) in [6.45, 7) is 1.48. The van der Waals surface area contributed by atoms with E-state index in [0.29, 0.717) is 0 Å². The Kier molecular flexibility index (Phi) is 4.18. The third kappa shape index (κ3) is 3.05. The van der Waals surface area contributed by atoms with E-state index in [0.717, 1.165) is 22.9 Å². The Labute approximate surface area is 129 Å². The zero-order valence-corrected chi connectivity index (χ0v) is 12.2. The number of amides is 1. The molecule has 1 aromatic carbocycles. The highest BCUT2D eigenvalue weighted by atomic mass is 19.3. The molecular weight excluding hydrogens is 313 g/mol. The third-order valence-corrected chi connectivity index (χ3v) is 3.30. The predicted octanol–water partition coefficient (Wildman–Crippen LogP) is 2.90. The number of hydrogen-bond acceptors (Lipinski definition) is 2. The molecule has 122 valence electrons. The minimum Gasteiger partial charge on any atom is -0.476 e. The summed E-state index contributed by atoms with van der Waals surface area (Å²) < 4.78 is 41.7. The van der Waals surface area contributed by atoms with Crippen molar-refractivity contribution in [2.75, 3.05) is 5.32 Å². The number of halogens is 3. The van der Waals surface area contributed by atoms with E-state index in [4.69, 9.17) is 5.11 Å². The van der Waals surface area contributed by atoms with Gasteiger partial charge in [0, 0.05) is 18.9 Å². The van der Waals surface area contributed by atoms with Gasteiger partial charge in [0.2, 0.25) is 0 Å². The van der Waals surface area contributed by atoms with E-state index >= 15 is 0 Å². The molecule has 1 amide bonds. The second kappa shape index (κ2) is 5.79. The quantitative estimate of drug-likeness (QED) is 0.907. The molecule has 2 rings (SSSR count). The first-order valence-electron chi connectivity index (χ1n) is 6.49. The van der Waals surface area contributed by atoms with Crippen LogP contribution in [-0.4, -0.2) is 21.6 Å². The van der Waals surface area contributed by atoms with Gasteiger partial charge in [-0.05, 0) is 36.8 Å². The fourth-order valence-corrected chi connectivity index (χ4v) is 2.13. The second-order valence-electron chi connectivity index (χ2n) is 4.99. The zero-order chi connectivity index (χ0) is 17.4.